The van der Waals surface area contributed by atoms with Crippen molar-refractivity contribution in [2.45, 2.75) is 27.0 Å². The number of anilines is 1. The third kappa shape index (κ3) is 5.17. The molecule has 3 rings (SSSR count). The van der Waals surface area contributed by atoms with Crippen molar-refractivity contribution >= 4 is 23.4 Å². The highest BCUT2D eigenvalue weighted by Crippen LogP contribution is 2.21. The number of ether oxygens (including phenoxy) is 2. The number of nitrogens with two attached hydrogens (primary N) is 1. The monoisotopic (exact) mass is 402 g/mol. The number of halogens is 1. The molecule has 0 bridgehead atoms. The van der Waals surface area contributed by atoms with Gasteiger partial charge in [-0.3, -0.25) is 0 Å². The molecule has 0 aliphatic heterocycles. The fraction of sp³-hybridized carbons (Fsp3) is 0.278. The molecule has 2 heterocycles. The van der Waals surface area contributed by atoms with Crippen LogP contribution in [-0.2, 0) is 22.7 Å². The molecule has 1 aromatic carbocycles. The summed E-state index contributed by atoms with van der Waals surface area (Å²) in [6, 6.07) is 5.16. The summed E-state index contributed by atoms with van der Waals surface area (Å²) in [5.41, 5.74) is 7.94. The van der Waals surface area contributed by atoms with Crippen LogP contribution in [-0.4, -0.2) is 37.5 Å². The number of carbonyl (C=O) groups excluding carboxylic acids is 1. The van der Waals surface area contributed by atoms with Crippen molar-refractivity contribution in [3.63, 3.8) is 0 Å². The summed E-state index contributed by atoms with van der Waals surface area (Å²) in [4.78, 5) is 20.1. The Kier molecular flexibility index (Phi) is 6.05. The Labute approximate surface area is 166 Å². The molecule has 0 amide bonds. The molecule has 2 aromatic heterocycles. The van der Waals surface area contributed by atoms with E-state index in [0.29, 0.717) is 34.7 Å². The molecule has 2 N–H and O–H groups in total. The minimum absolute atomic E-state index is 0.0122. The molecule has 10 heteroatoms. The molecule has 3 aromatic rings. The van der Waals surface area contributed by atoms with Crippen LogP contribution in [0.3, 0.4) is 0 Å². The van der Waals surface area contributed by atoms with Crippen molar-refractivity contribution in [1.29, 1.82) is 0 Å². The zero-order valence-electron chi connectivity index (χ0n) is 15.4. The lowest BCUT2D eigenvalue weighted by Crippen LogP contribution is -2.15. The van der Waals surface area contributed by atoms with E-state index in [1.165, 1.54) is 0 Å². The lowest BCUT2D eigenvalue weighted by Gasteiger charge is -2.08. The number of aromatic nitrogens is 5. The molecular weight excluding hydrogens is 384 g/mol. The van der Waals surface area contributed by atoms with Crippen LogP contribution in [0.5, 0.6) is 5.75 Å². The predicted molar refractivity (Wildman–Crippen MR) is 102 cm³/mol. The van der Waals surface area contributed by atoms with Gasteiger partial charge in [-0.15, -0.1) is 5.10 Å². The van der Waals surface area contributed by atoms with Gasteiger partial charge >= 0.3 is 5.97 Å². The number of aryl methyl sites for hydroxylation is 2. The van der Waals surface area contributed by atoms with E-state index in [9.17, 15) is 4.79 Å². The maximum atomic E-state index is 11.9. The summed E-state index contributed by atoms with van der Waals surface area (Å²) < 4.78 is 12.2. The van der Waals surface area contributed by atoms with Crippen molar-refractivity contribution in [2.75, 3.05) is 12.3 Å². The minimum atomic E-state index is -0.514. The Morgan fingerprint density at radius 1 is 1.32 bits per heavy atom. The summed E-state index contributed by atoms with van der Waals surface area (Å²) in [6.07, 6.45) is 3.31. The quantitative estimate of drug-likeness (QED) is 0.597. The molecule has 0 fully saturated rings. The summed E-state index contributed by atoms with van der Waals surface area (Å²) in [6.45, 7) is 3.75. The highest BCUT2D eigenvalue weighted by atomic mass is 35.5. The van der Waals surface area contributed by atoms with Crippen LogP contribution >= 0.6 is 11.6 Å². The summed E-state index contributed by atoms with van der Waals surface area (Å²) >= 11 is 5.89. The van der Waals surface area contributed by atoms with E-state index in [0.717, 1.165) is 11.1 Å². The fourth-order valence-electron chi connectivity index (χ4n) is 2.40. The van der Waals surface area contributed by atoms with Gasteiger partial charge in [-0.05, 0) is 37.6 Å². The first-order chi connectivity index (χ1) is 13.4. The Bertz CT molecular complexity index is 991. The maximum Gasteiger partial charge on any atom is 0.344 e. The number of carbonyl (C=O) groups is 1. The molecule has 0 aliphatic rings. The van der Waals surface area contributed by atoms with Gasteiger partial charge in [0.1, 0.15) is 29.7 Å². The second-order valence-electron chi connectivity index (χ2n) is 6.09. The van der Waals surface area contributed by atoms with Crippen LogP contribution in [0.15, 0.2) is 30.6 Å². The van der Waals surface area contributed by atoms with E-state index in [2.05, 4.69) is 20.3 Å². The number of esters is 1. The van der Waals surface area contributed by atoms with Gasteiger partial charge in [-0.2, -0.15) is 0 Å². The smallest absolute Gasteiger partial charge is 0.344 e. The average molecular weight is 403 g/mol. The topological polar surface area (TPSA) is 118 Å². The molecule has 0 saturated carbocycles. The third-order valence-electron chi connectivity index (χ3n) is 3.80. The van der Waals surface area contributed by atoms with E-state index in [1.54, 1.807) is 42.2 Å². The van der Waals surface area contributed by atoms with Crippen molar-refractivity contribution in [2.24, 2.45) is 0 Å². The number of hydrogen-bond acceptors (Lipinski definition) is 8. The second kappa shape index (κ2) is 8.66. The van der Waals surface area contributed by atoms with Crippen LogP contribution in [0, 0.1) is 13.8 Å². The first-order valence-electron chi connectivity index (χ1n) is 8.42. The first kappa shape index (κ1) is 19.6. The van der Waals surface area contributed by atoms with Crippen molar-refractivity contribution in [1.82, 2.24) is 25.0 Å². The summed E-state index contributed by atoms with van der Waals surface area (Å²) in [7, 11) is 0. The molecule has 9 nitrogen and oxygen atoms in total. The van der Waals surface area contributed by atoms with E-state index >= 15 is 0 Å². The van der Waals surface area contributed by atoms with Crippen LogP contribution < -0.4 is 10.5 Å². The van der Waals surface area contributed by atoms with Crippen molar-refractivity contribution in [3.05, 3.63) is 58.3 Å². The van der Waals surface area contributed by atoms with Crippen LogP contribution in [0.1, 0.15) is 22.6 Å². The van der Waals surface area contributed by atoms with Gasteiger partial charge in [-0.1, -0.05) is 16.8 Å². The first-order valence-corrected chi connectivity index (χ1v) is 8.80. The van der Waals surface area contributed by atoms with E-state index in [-0.39, 0.29) is 13.2 Å². The molecule has 0 aliphatic carbocycles. The molecule has 0 unspecified atom stereocenters. The highest BCUT2D eigenvalue weighted by Gasteiger charge is 2.10. The molecule has 0 radical (unpaired) electrons. The summed E-state index contributed by atoms with van der Waals surface area (Å²) in [5.74, 6) is 1.05. The second-order valence-corrected chi connectivity index (χ2v) is 6.53. The van der Waals surface area contributed by atoms with E-state index in [4.69, 9.17) is 26.8 Å². The Morgan fingerprint density at radius 2 is 2.14 bits per heavy atom. The number of nitrogen functional groups attached to an aromatic ring is 1. The predicted octanol–water partition coefficient (Wildman–Crippen LogP) is 2.09. The molecule has 0 spiro atoms. The van der Waals surface area contributed by atoms with E-state index in [1.807, 2.05) is 6.92 Å². The van der Waals surface area contributed by atoms with Gasteiger partial charge in [0.2, 0.25) is 0 Å². The van der Waals surface area contributed by atoms with Crippen molar-refractivity contribution < 1.29 is 14.3 Å². The standard InChI is InChI=1S/C18H19ClN6O3/c1-11-5-14(19)3-4-16(11)27-10-17(26)28-9-15-8-25(24-23-15)7-13-6-21-12(2)22-18(13)20/h3-6,8H,7,9-10H2,1-2H3,(H2,20,21,22). The normalized spacial score (nSPS) is 10.7. The van der Waals surface area contributed by atoms with Gasteiger partial charge in [0.05, 0.1) is 12.7 Å². The minimum Gasteiger partial charge on any atom is -0.482 e. The van der Waals surface area contributed by atoms with Gasteiger partial charge in [0.15, 0.2) is 6.61 Å². The fourth-order valence-corrected chi connectivity index (χ4v) is 2.62. The number of hydrogen-bond donors (Lipinski definition) is 1. The van der Waals surface area contributed by atoms with Crippen LogP contribution in [0.25, 0.3) is 0 Å². The molecular formula is C18H19ClN6O3. The molecule has 28 heavy (non-hydrogen) atoms. The molecule has 0 saturated heterocycles. The van der Waals surface area contributed by atoms with Crippen LogP contribution in [0.2, 0.25) is 5.02 Å². The summed E-state index contributed by atoms with van der Waals surface area (Å²) in [5, 5.41) is 8.57. The lowest BCUT2D eigenvalue weighted by molar-refractivity contribution is -0.147. The Morgan fingerprint density at radius 3 is 2.89 bits per heavy atom. The van der Waals surface area contributed by atoms with Crippen molar-refractivity contribution in [3.8, 4) is 5.75 Å². The Hall–Kier alpha value is -3.20. The largest absolute Gasteiger partial charge is 0.482 e. The zero-order chi connectivity index (χ0) is 20.1. The van der Waals surface area contributed by atoms with E-state index < -0.39 is 5.97 Å². The molecule has 0 atom stereocenters. The average Bonchev–Trinajstić information content (AvgIpc) is 3.09. The lowest BCUT2D eigenvalue weighted by atomic mass is 10.2. The van der Waals surface area contributed by atoms with Gasteiger partial charge in [-0.25, -0.2) is 19.4 Å². The SMILES string of the molecule is Cc1ncc(Cn2cc(COC(=O)COc3ccc(Cl)cc3C)nn2)c(N)n1. The number of rotatable bonds is 7. The number of benzene rings is 1. The van der Waals surface area contributed by atoms with Crippen LogP contribution in [0.4, 0.5) is 5.82 Å². The van der Waals surface area contributed by atoms with Gasteiger partial charge < -0.3 is 15.2 Å². The highest BCUT2D eigenvalue weighted by molar-refractivity contribution is 6.30. The molecule has 146 valence electrons. The van der Waals surface area contributed by atoms with Gasteiger partial charge in [0, 0.05) is 16.8 Å². The maximum absolute atomic E-state index is 11.9. The number of nitrogens with zero attached hydrogens (tertiary/aromatic N) is 5. The Balaban J connectivity index is 1.49. The third-order valence-corrected chi connectivity index (χ3v) is 4.04. The van der Waals surface area contributed by atoms with Gasteiger partial charge in [0.25, 0.3) is 0 Å². The zero-order valence-corrected chi connectivity index (χ0v) is 16.2.